The molecule has 3 heteroatoms. The van der Waals surface area contributed by atoms with E-state index in [4.69, 9.17) is 0 Å². The summed E-state index contributed by atoms with van der Waals surface area (Å²) in [7, 11) is 0. The number of hydrogen-bond donors (Lipinski definition) is 1. The van der Waals surface area contributed by atoms with Crippen LogP contribution in [0.5, 0.6) is 0 Å². The first-order chi connectivity index (χ1) is 8.56. The number of hydrogen-bond acceptors (Lipinski definition) is 1. The molecule has 100 valence electrons. The van der Waals surface area contributed by atoms with Crippen LogP contribution in [0.1, 0.15) is 41.3 Å². The smallest absolute Gasteiger partial charge is 0.251 e. The van der Waals surface area contributed by atoms with Gasteiger partial charge in [0.2, 0.25) is 0 Å². The third-order valence-electron chi connectivity index (χ3n) is 3.13. The number of alkyl halides is 1. The maximum atomic E-state index is 12.1. The highest BCUT2D eigenvalue weighted by Gasteiger charge is 2.10. The molecule has 1 rings (SSSR count). The summed E-state index contributed by atoms with van der Waals surface area (Å²) in [5, 5.41) is 4.03. The Balaban J connectivity index is 2.46. The summed E-state index contributed by atoms with van der Waals surface area (Å²) in [5.41, 5.74) is 2.91. The molecule has 0 saturated heterocycles. The minimum atomic E-state index is 0.0529. The number of carbonyl (C=O) groups is 1. The Kier molecular flexibility index (Phi) is 6.41. The number of rotatable bonds is 6. The minimum Gasteiger partial charge on any atom is -0.352 e. The fourth-order valence-corrected chi connectivity index (χ4v) is 2.31. The van der Waals surface area contributed by atoms with Gasteiger partial charge in [-0.1, -0.05) is 41.1 Å². The van der Waals surface area contributed by atoms with Gasteiger partial charge in [-0.2, -0.15) is 0 Å². The second kappa shape index (κ2) is 7.57. The third kappa shape index (κ3) is 4.45. The van der Waals surface area contributed by atoms with E-state index in [-0.39, 0.29) is 5.91 Å². The molecule has 1 aromatic rings. The van der Waals surface area contributed by atoms with Crippen LogP contribution in [0, 0.1) is 19.8 Å². The highest BCUT2D eigenvalue weighted by Crippen LogP contribution is 2.13. The number of benzene rings is 1. The van der Waals surface area contributed by atoms with Gasteiger partial charge in [0, 0.05) is 17.4 Å². The average Bonchev–Trinajstić information content (AvgIpc) is 2.34. The van der Waals surface area contributed by atoms with Gasteiger partial charge in [-0.3, -0.25) is 4.79 Å². The Morgan fingerprint density at radius 2 is 1.94 bits per heavy atom. The van der Waals surface area contributed by atoms with Gasteiger partial charge in [0.15, 0.2) is 0 Å². The van der Waals surface area contributed by atoms with Crippen molar-refractivity contribution in [3.8, 4) is 0 Å². The highest BCUT2D eigenvalue weighted by molar-refractivity contribution is 9.09. The van der Waals surface area contributed by atoms with E-state index in [2.05, 4.69) is 28.2 Å². The summed E-state index contributed by atoms with van der Waals surface area (Å²) >= 11 is 3.46. The summed E-state index contributed by atoms with van der Waals surface area (Å²) in [6.45, 7) is 6.93. The highest BCUT2D eigenvalue weighted by atomic mass is 79.9. The van der Waals surface area contributed by atoms with E-state index in [0.29, 0.717) is 5.92 Å². The lowest BCUT2D eigenvalue weighted by atomic mass is 10.0. The van der Waals surface area contributed by atoms with E-state index in [1.807, 2.05) is 32.0 Å². The summed E-state index contributed by atoms with van der Waals surface area (Å²) in [5.74, 6) is 0.721. The number of nitrogens with one attached hydrogen (secondary N) is 1. The van der Waals surface area contributed by atoms with E-state index >= 15 is 0 Å². The number of carbonyl (C=O) groups excluding carboxylic acids is 1. The van der Waals surface area contributed by atoms with Gasteiger partial charge in [0.05, 0.1) is 0 Å². The molecular formula is C15H22BrNO. The minimum absolute atomic E-state index is 0.0529. The molecule has 2 nitrogen and oxygen atoms in total. The predicted octanol–water partition coefficient (Wildman–Crippen LogP) is 3.84. The monoisotopic (exact) mass is 311 g/mol. The molecule has 1 amide bonds. The van der Waals surface area contributed by atoms with Crippen LogP contribution < -0.4 is 5.32 Å². The molecular weight excluding hydrogens is 290 g/mol. The molecule has 0 aromatic heterocycles. The van der Waals surface area contributed by atoms with Crippen molar-refractivity contribution in [2.75, 3.05) is 11.9 Å². The van der Waals surface area contributed by atoms with Gasteiger partial charge in [-0.05, 0) is 43.7 Å². The molecule has 0 bridgehead atoms. The molecule has 1 atom stereocenters. The van der Waals surface area contributed by atoms with Gasteiger partial charge in [-0.25, -0.2) is 0 Å². The lowest BCUT2D eigenvalue weighted by molar-refractivity contribution is 0.0951. The quantitative estimate of drug-likeness (QED) is 0.627. The number of halogens is 1. The van der Waals surface area contributed by atoms with Crippen molar-refractivity contribution < 1.29 is 4.79 Å². The van der Waals surface area contributed by atoms with Crippen LogP contribution >= 0.6 is 15.9 Å². The van der Waals surface area contributed by atoms with E-state index in [9.17, 15) is 4.79 Å². The fraction of sp³-hybridized carbons (Fsp3) is 0.533. The molecule has 0 aliphatic heterocycles. The summed E-state index contributed by atoms with van der Waals surface area (Å²) in [6.07, 6.45) is 2.17. The molecule has 0 aliphatic rings. The third-order valence-corrected chi connectivity index (χ3v) is 4.24. The second-order valence-corrected chi connectivity index (χ2v) is 5.57. The van der Waals surface area contributed by atoms with Gasteiger partial charge in [0.1, 0.15) is 0 Å². The van der Waals surface area contributed by atoms with Crippen LogP contribution in [-0.4, -0.2) is 17.8 Å². The summed E-state index contributed by atoms with van der Waals surface area (Å²) in [6, 6.07) is 5.95. The predicted molar refractivity (Wildman–Crippen MR) is 80.4 cm³/mol. The normalized spacial score (nSPS) is 12.2. The van der Waals surface area contributed by atoms with Gasteiger partial charge < -0.3 is 5.32 Å². The Morgan fingerprint density at radius 3 is 2.50 bits per heavy atom. The van der Waals surface area contributed by atoms with Crippen molar-refractivity contribution in [1.82, 2.24) is 5.32 Å². The van der Waals surface area contributed by atoms with E-state index in [0.717, 1.165) is 41.4 Å². The van der Waals surface area contributed by atoms with E-state index < -0.39 is 0 Å². The first kappa shape index (κ1) is 15.2. The van der Waals surface area contributed by atoms with Crippen LogP contribution in [0.3, 0.4) is 0 Å². The van der Waals surface area contributed by atoms with E-state index in [1.165, 1.54) is 0 Å². The molecule has 0 spiro atoms. The van der Waals surface area contributed by atoms with Crippen molar-refractivity contribution in [1.29, 1.82) is 0 Å². The van der Waals surface area contributed by atoms with Crippen LogP contribution in [0.15, 0.2) is 18.2 Å². The van der Waals surface area contributed by atoms with Crippen molar-refractivity contribution >= 4 is 21.8 Å². The van der Waals surface area contributed by atoms with Gasteiger partial charge in [-0.15, -0.1) is 0 Å². The molecule has 0 heterocycles. The molecule has 0 aliphatic carbocycles. The zero-order valence-corrected chi connectivity index (χ0v) is 13.0. The Bertz CT molecular complexity index is 383. The second-order valence-electron chi connectivity index (χ2n) is 4.92. The first-order valence-corrected chi connectivity index (χ1v) is 7.58. The van der Waals surface area contributed by atoms with Gasteiger partial charge in [0.25, 0.3) is 5.91 Å². The Labute approximate surface area is 118 Å². The SMILES string of the molecule is Cc1cccc(C)c1C(=O)NCCCC(C)CBr. The van der Waals surface area contributed by atoms with E-state index in [1.54, 1.807) is 0 Å². The maximum absolute atomic E-state index is 12.1. The topological polar surface area (TPSA) is 29.1 Å². The molecule has 1 N–H and O–H groups in total. The fourth-order valence-electron chi connectivity index (χ4n) is 1.99. The zero-order valence-electron chi connectivity index (χ0n) is 11.4. The van der Waals surface area contributed by atoms with Crippen molar-refractivity contribution in [3.63, 3.8) is 0 Å². The van der Waals surface area contributed by atoms with Crippen molar-refractivity contribution in [2.45, 2.75) is 33.6 Å². The Morgan fingerprint density at radius 1 is 1.33 bits per heavy atom. The van der Waals surface area contributed by atoms with Crippen LogP contribution in [0.4, 0.5) is 0 Å². The molecule has 0 radical (unpaired) electrons. The maximum Gasteiger partial charge on any atom is 0.251 e. The standard InChI is InChI=1S/C15H22BrNO/c1-11(10-16)6-5-9-17-15(18)14-12(2)7-4-8-13(14)3/h4,7-8,11H,5-6,9-10H2,1-3H3,(H,17,18). The number of aryl methyl sites for hydroxylation is 2. The first-order valence-electron chi connectivity index (χ1n) is 6.46. The molecule has 1 unspecified atom stereocenters. The lowest BCUT2D eigenvalue weighted by Crippen LogP contribution is -2.26. The zero-order chi connectivity index (χ0) is 13.5. The van der Waals surface area contributed by atoms with Gasteiger partial charge >= 0.3 is 0 Å². The average molecular weight is 312 g/mol. The van der Waals surface area contributed by atoms with Crippen LogP contribution in [-0.2, 0) is 0 Å². The largest absolute Gasteiger partial charge is 0.352 e. The summed E-state index contributed by atoms with van der Waals surface area (Å²) in [4.78, 5) is 12.1. The van der Waals surface area contributed by atoms with Crippen molar-refractivity contribution in [2.24, 2.45) is 5.92 Å². The molecule has 18 heavy (non-hydrogen) atoms. The Hall–Kier alpha value is -0.830. The number of amides is 1. The summed E-state index contributed by atoms with van der Waals surface area (Å²) < 4.78 is 0. The van der Waals surface area contributed by atoms with Crippen molar-refractivity contribution in [3.05, 3.63) is 34.9 Å². The molecule has 0 fully saturated rings. The van der Waals surface area contributed by atoms with Crippen LogP contribution in [0.25, 0.3) is 0 Å². The lowest BCUT2D eigenvalue weighted by Gasteiger charge is -2.11. The molecule has 0 saturated carbocycles. The van der Waals surface area contributed by atoms with Crippen LogP contribution in [0.2, 0.25) is 0 Å². The molecule has 1 aromatic carbocycles.